The lowest BCUT2D eigenvalue weighted by molar-refractivity contribution is -0.145. The standard InChI is InChI=1S/C26H28O6/c1-3-24(27)30-17-16-19-8-14-22(15-9-19)31-25(28)20-10-12-21(13-11-20)26(29)32-23-7-5-4-6-18(23)2/h3-9,14-15,20-21H,1,10-13,16-17H2,2H3. The second kappa shape index (κ2) is 11.3. The van der Waals surface area contributed by atoms with E-state index in [1.807, 2.05) is 37.3 Å². The van der Waals surface area contributed by atoms with Gasteiger partial charge in [0.15, 0.2) is 0 Å². The number of hydrogen-bond donors (Lipinski definition) is 0. The van der Waals surface area contributed by atoms with Gasteiger partial charge in [-0.3, -0.25) is 9.59 Å². The van der Waals surface area contributed by atoms with Crippen LogP contribution in [0, 0.1) is 18.8 Å². The van der Waals surface area contributed by atoms with Gasteiger partial charge in [-0.2, -0.15) is 0 Å². The molecule has 0 atom stereocenters. The molecule has 6 heteroatoms. The molecule has 0 aliphatic heterocycles. The maximum absolute atomic E-state index is 12.5. The van der Waals surface area contributed by atoms with Gasteiger partial charge in [0, 0.05) is 12.5 Å². The second-order valence-corrected chi connectivity index (χ2v) is 7.92. The Kier molecular flexibility index (Phi) is 8.20. The molecule has 0 aromatic heterocycles. The van der Waals surface area contributed by atoms with Crippen LogP contribution in [-0.2, 0) is 25.5 Å². The number of benzene rings is 2. The van der Waals surface area contributed by atoms with Gasteiger partial charge in [0.05, 0.1) is 18.4 Å². The van der Waals surface area contributed by atoms with Crippen molar-refractivity contribution < 1.29 is 28.6 Å². The van der Waals surface area contributed by atoms with E-state index in [4.69, 9.17) is 14.2 Å². The Labute approximate surface area is 188 Å². The van der Waals surface area contributed by atoms with Crippen molar-refractivity contribution in [3.8, 4) is 11.5 Å². The fourth-order valence-electron chi connectivity index (χ4n) is 3.68. The molecular formula is C26H28O6. The van der Waals surface area contributed by atoms with Gasteiger partial charge in [0.2, 0.25) is 0 Å². The van der Waals surface area contributed by atoms with Gasteiger partial charge in [-0.25, -0.2) is 4.79 Å². The molecule has 0 radical (unpaired) electrons. The summed E-state index contributed by atoms with van der Waals surface area (Å²) in [6.45, 7) is 5.52. The summed E-state index contributed by atoms with van der Waals surface area (Å²) in [7, 11) is 0. The van der Waals surface area contributed by atoms with E-state index in [1.54, 1.807) is 18.2 Å². The summed E-state index contributed by atoms with van der Waals surface area (Å²) in [6.07, 6.45) is 4.09. The van der Waals surface area contributed by atoms with Crippen molar-refractivity contribution in [3.05, 3.63) is 72.3 Å². The van der Waals surface area contributed by atoms with Gasteiger partial charge in [0.1, 0.15) is 11.5 Å². The minimum Gasteiger partial charge on any atom is -0.462 e. The zero-order valence-corrected chi connectivity index (χ0v) is 18.3. The van der Waals surface area contributed by atoms with Crippen molar-refractivity contribution >= 4 is 17.9 Å². The van der Waals surface area contributed by atoms with Gasteiger partial charge >= 0.3 is 17.9 Å². The van der Waals surface area contributed by atoms with Gasteiger partial charge in [-0.05, 0) is 61.9 Å². The zero-order chi connectivity index (χ0) is 22.9. The number of esters is 3. The van der Waals surface area contributed by atoms with Crippen LogP contribution < -0.4 is 9.47 Å². The van der Waals surface area contributed by atoms with E-state index in [-0.39, 0.29) is 30.4 Å². The van der Waals surface area contributed by atoms with E-state index in [1.165, 1.54) is 0 Å². The number of rotatable bonds is 8. The highest BCUT2D eigenvalue weighted by molar-refractivity contribution is 5.81. The Bertz CT molecular complexity index is 955. The van der Waals surface area contributed by atoms with E-state index in [0.29, 0.717) is 43.6 Å². The summed E-state index contributed by atoms with van der Waals surface area (Å²) in [5.41, 5.74) is 1.89. The highest BCUT2D eigenvalue weighted by Gasteiger charge is 2.32. The summed E-state index contributed by atoms with van der Waals surface area (Å²) in [5, 5.41) is 0. The van der Waals surface area contributed by atoms with Crippen LogP contribution in [0.2, 0.25) is 0 Å². The van der Waals surface area contributed by atoms with Crippen LogP contribution in [0.4, 0.5) is 0 Å². The molecule has 1 aliphatic carbocycles. The predicted molar refractivity (Wildman–Crippen MR) is 119 cm³/mol. The van der Waals surface area contributed by atoms with E-state index in [0.717, 1.165) is 17.2 Å². The molecule has 0 amide bonds. The van der Waals surface area contributed by atoms with Gasteiger partial charge in [-0.1, -0.05) is 36.9 Å². The SMILES string of the molecule is C=CC(=O)OCCc1ccc(OC(=O)C2CCC(C(=O)Oc3ccccc3C)CC2)cc1. The van der Waals surface area contributed by atoms with E-state index < -0.39 is 5.97 Å². The lowest BCUT2D eigenvalue weighted by atomic mass is 9.82. The first-order chi connectivity index (χ1) is 15.5. The van der Waals surface area contributed by atoms with E-state index in [9.17, 15) is 14.4 Å². The Morgan fingerprint density at radius 3 is 2.09 bits per heavy atom. The molecule has 2 aromatic rings. The molecule has 0 saturated heterocycles. The number of ether oxygens (including phenoxy) is 3. The molecule has 6 nitrogen and oxygen atoms in total. The molecule has 0 bridgehead atoms. The topological polar surface area (TPSA) is 78.9 Å². The molecule has 1 saturated carbocycles. The van der Waals surface area contributed by atoms with Crippen molar-refractivity contribution in [3.63, 3.8) is 0 Å². The van der Waals surface area contributed by atoms with Crippen LogP contribution in [-0.4, -0.2) is 24.5 Å². The van der Waals surface area contributed by atoms with Gasteiger partial charge in [-0.15, -0.1) is 0 Å². The molecule has 32 heavy (non-hydrogen) atoms. The van der Waals surface area contributed by atoms with Gasteiger partial charge in [0.25, 0.3) is 0 Å². The van der Waals surface area contributed by atoms with Crippen molar-refractivity contribution in [2.24, 2.45) is 11.8 Å². The van der Waals surface area contributed by atoms with Crippen molar-refractivity contribution in [1.82, 2.24) is 0 Å². The molecule has 1 fully saturated rings. The largest absolute Gasteiger partial charge is 0.462 e. The first kappa shape index (κ1) is 23.3. The Balaban J connectivity index is 1.43. The summed E-state index contributed by atoms with van der Waals surface area (Å²) >= 11 is 0. The first-order valence-corrected chi connectivity index (χ1v) is 10.8. The third kappa shape index (κ3) is 6.54. The van der Waals surface area contributed by atoms with Crippen molar-refractivity contribution in [2.75, 3.05) is 6.61 Å². The Morgan fingerprint density at radius 2 is 1.50 bits per heavy atom. The lowest BCUT2D eigenvalue weighted by Crippen LogP contribution is -2.30. The number of hydrogen-bond acceptors (Lipinski definition) is 6. The highest BCUT2D eigenvalue weighted by atomic mass is 16.5. The minimum absolute atomic E-state index is 0.201. The quantitative estimate of drug-likeness (QED) is 0.342. The van der Waals surface area contributed by atoms with Crippen LogP contribution in [0.3, 0.4) is 0 Å². The molecule has 1 aliphatic rings. The Morgan fingerprint density at radius 1 is 0.906 bits per heavy atom. The highest BCUT2D eigenvalue weighted by Crippen LogP contribution is 2.31. The normalized spacial score (nSPS) is 17.8. The lowest BCUT2D eigenvalue weighted by Gasteiger charge is -2.26. The van der Waals surface area contributed by atoms with Crippen molar-refractivity contribution in [2.45, 2.75) is 39.0 Å². The average molecular weight is 437 g/mol. The molecule has 0 N–H and O–H groups in total. The predicted octanol–water partition coefficient (Wildman–Crippen LogP) is 4.58. The van der Waals surface area contributed by atoms with Crippen molar-refractivity contribution in [1.29, 1.82) is 0 Å². The third-order valence-corrected chi connectivity index (χ3v) is 5.64. The zero-order valence-electron chi connectivity index (χ0n) is 18.3. The van der Waals surface area contributed by atoms with Crippen LogP contribution in [0.5, 0.6) is 11.5 Å². The molecule has 168 valence electrons. The van der Waals surface area contributed by atoms with Gasteiger partial charge < -0.3 is 14.2 Å². The third-order valence-electron chi connectivity index (χ3n) is 5.64. The molecular weight excluding hydrogens is 408 g/mol. The maximum atomic E-state index is 12.5. The summed E-state index contributed by atoms with van der Waals surface area (Å²) in [4.78, 5) is 36.1. The minimum atomic E-state index is -0.450. The number of carbonyl (C=O) groups excluding carboxylic acids is 3. The number of para-hydroxylation sites is 1. The molecule has 2 aromatic carbocycles. The van der Waals surface area contributed by atoms with Crippen LogP contribution in [0.25, 0.3) is 0 Å². The monoisotopic (exact) mass is 436 g/mol. The summed E-state index contributed by atoms with van der Waals surface area (Å²) in [6, 6.07) is 14.6. The maximum Gasteiger partial charge on any atom is 0.330 e. The molecule has 0 spiro atoms. The number of carbonyl (C=O) groups is 3. The van der Waals surface area contributed by atoms with Crippen LogP contribution >= 0.6 is 0 Å². The molecule has 3 rings (SSSR count). The fourth-order valence-corrected chi connectivity index (χ4v) is 3.68. The second-order valence-electron chi connectivity index (χ2n) is 7.92. The summed E-state index contributed by atoms with van der Waals surface area (Å²) in [5.74, 6) is -0.328. The first-order valence-electron chi connectivity index (χ1n) is 10.8. The molecule has 0 heterocycles. The fraction of sp³-hybridized carbons (Fsp3) is 0.346. The number of aryl methyl sites for hydroxylation is 1. The van der Waals surface area contributed by atoms with E-state index in [2.05, 4.69) is 6.58 Å². The summed E-state index contributed by atoms with van der Waals surface area (Å²) < 4.78 is 16.0. The smallest absolute Gasteiger partial charge is 0.330 e. The molecule has 0 unspecified atom stereocenters. The van der Waals surface area contributed by atoms with E-state index >= 15 is 0 Å². The average Bonchev–Trinajstić information content (AvgIpc) is 2.81. The van der Waals surface area contributed by atoms with Crippen LogP contribution in [0.1, 0.15) is 36.8 Å². The van der Waals surface area contributed by atoms with Crippen LogP contribution in [0.15, 0.2) is 61.2 Å². The Hall–Kier alpha value is -3.41.